The molecule has 0 spiro atoms. The molecule has 2 atom stereocenters. The van der Waals surface area contributed by atoms with Crippen LogP contribution in [0.15, 0.2) is 24.7 Å². The van der Waals surface area contributed by atoms with Crippen LogP contribution in [-0.2, 0) is 0 Å². The Bertz CT molecular complexity index is 978. The van der Waals surface area contributed by atoms with E-state index in [9.17, 15) is 10.4 Å². The number of aromatic nitrogens is 4. The van der Waals surface area contributed by atoms with E-state index < -0.39 is 11.6 Å². The van der Waals surface area contributed by atoms with Crippen LogP contribution in [0.3, 0.4) is 0 Å². The molecule has 3 aromatic heterocycles. The summed E-state index contributed by atoms with van der Waals surface area (Å²) in [7, 11) is 0. The van der Waals surface area contributed by atoms with Gasteiger partial charge in [-0.15, -0.1) is 0 Å². The molecule has 1 aliphatic carbocycles. The minimum Gasteiger partial charge on any atom is -0.377 e. The number of aliphatic hydroxyl groups excluding tert-OH is 1. The number of likely N-dealkylation sites (tertiary alicyclic amines) is 1. The average molecular weight is 336 g/mol. The van der Waals surface area contributed by atoms with Crippen molar-refractivity contribution >= 4 is 16.8 Å². The van der Waals surface area contributed by atoms with Crippen LogP contribution in [0.2, 0.25) is 0 Å². The van der Waals surface area contributed by atoms with Crippen LogP contribution in [0, 0.1) is 16.7 Å². The minimum absolute atomic E-state index is 0.286. The van der Waals surface area contributed by atoms with Crippen LogP contribution in [0.4, 0.5) is 0 Å². The summed E-state index contributed by atoms with van der Waals surface area (Å²) in [6.07, 6.45) is 8.63. The van der Waals surface area contributed by atoms with E-state index in [4.69, 9.17) is 0 Å². The topological polar surface area (TPSA) is 93.2 Å². The highest BCUT2D eigenvalue weighted by Gasteiger charge is 2.52. The second-order valence-corrected chi connectivity index (χ2v) is 7.32. The fourth-order valence-corrected chi connectivity index (χ4v) is 4.16. The second kappa shape index (κ2) is 5.28. The highest BCUT2D eigenvalue weighted by Crippen LogP contribution is 2.49. The van der Waals surface area contributed by atoms with Crippen LogP contribution in [0.5, 0.6) is 0 Å². The van der Waals surface area contributed by atoms with Gasteiger partial charge < -0.3 is 10.1 Å². The molecule has 5 rings (SSSR count). The molecule has 1 aliphatic heterocycles. The summed E-state index contributed by atoms with van der Waals surface area (Å²) in [6, 6.07) is 4.35. The third-order valence-corrected chi connectivity index (χ3v) is 5.79. The van der Waals surface area contributed by atoms with Gasteiger partial charge in [-0.2, -0.15) is 5.26 Å². The number of nitrogens with one attached hydrogen (secondary N) is 1. The molecular formula is C18H20N6O. The molecule has 1 saturated carbocycles. The summed E-state index contributed by atoms with van der Waals surface area (Å²) < 4.78 is 2.16. The standard InChI is InChI=1S/C18H20N6O/c19-11-18(4-5-18)17(25)23-7-1-2-12(10-23)14-8-21-15-9-22-16-13(24(14)15)3-6-20-16/h3,6,8-9,12,17,20,25H,1-2,4-5,7,10H2/t12-,17?/m1/s1. The molecule has 0 bridgehead atoms. The molecule has 2 aliphatic rings. The largest absolute Gasteiger partial charge is 0.377 e. The molecule has 4 heterocycles. The van der Waals surface area contributed by atoms with E-state index in [-0.39, 0.29) is 5.92 Å². The summed E-state index contributed by atoms with van der Waals surface area (Å²) in [5.74, 6) is 0.286. The molecule has 7 heteroatoms. The van der Waals surface area contributed by atoms with Crippen molar-refractivity contribution in [3.8, 4) is 6.07 Å². The van der Waals surface area contributed by atoms with Gasteiger partial charge in [0, 0.05) is 37.1 Å². The van der Waals surface area contributed by atoms with E-state index in [0.29, 0.717) is 0 Å². The average Bonchev–Trinajstić information content (AvgIpc) is 3.10. The van der Waals surface area contributed by atoms with Crippen molar-refractivity contribution in [3.05, 3.63) is 30.4 Å². The maximum atomic E-state index is 10.7. The number of H-pyrrole nitrogens is 1. The van der Waals surface area contributed by atoms with Gasteiger partial charge in [-0.1, -0.05) is 0 Å². The van der Waals surface area contributed by atoms with Gasteiger partial charge in [-0.3, -0.25) is 9.30 Å². The minimum atomic E-state index is -0.659. The molecule has 25 heavy (non-hydrogen) atoms. The first kappa shape index (κ1) is 14.9. The molecular weight excluding hydrogens is 316 g/mol. The lowest BCUT2D eigenvalue weighted by molar-refractivity contribution is -0.0472. The molecule has 1 unspecified atom stereocenters. The Balaban J connectivity index is 1.50. The van der Waals surface area contributed by atoms with Crippen molar-refractivity contribution in [1.82, 2.24) is 24.3 Å². The lowest BCUT2D eigenvalue weighted by atomic mass is 9.93. The Morgan fingerprint density at radius 2 is 2.24 bits per heavy atom. The summed E-state index contributed by atoms with van der Waals surface area (Å²) >= 11 is 0. The molecule has 7 nitrogen and oxygen atoms in total. The quantitative estimate of drug-likeness (QED) is 0.763. The summed E-state index contributed by atoms with van der Waals surface area (Å²) in [6.45, 7) is 1.60. The monoisotopic (exact) mass is 336 g/mol. The van der Waals surface area contributed by atoms with E-state index in [2.05, 4.69) is 30.3 Å². The Hall–Kier alpha value is -2.43. The third-order valence-electron chi connectivity index (χ3n) is 5.79. The van der Waals surface area contributed by atoms with E-state index >= 15 is 0 Å². The molecule has 0 radical (unpaired) electrons. The van der Waals surface area contributed by atoms with E-state index in [0.717, 1.165) is 61.3 Å². The smallest absolute Gasteiger partial charge is 0.156 e. The van der Waals surface area contributed by atoms with Gasteiger partial charge in [-0.25, -0.2) is 9.97 Å². The summed E-state index contributed by atoms with van der Waals surface area (Å²) in [5.41, 5.74) is 3.33. The van der Waals surface area contributed by atoms with Crippen LogP contribution in [0.1, 0.15) is 37.3 Å². The van der Waals surface area contributed by atoms with Crippen molar-refractivity contribution in [2.45, 2.75) is 37.8 Å². The van der Waals surface area contributed by atoms with Gasteiger partial charge in [0.05, 0.1) is 23.2 Å². The van der Waals surface area contributed by atoms with Crippen molar-refractivity contribution in [2.24, 2.45) is 5.41 Å². The molecule has 2 fully saturated rings. The Morgan fingerprint density at radius 1 is 1.36 bits per heavy atom. The van der Waals surface area contributed by atoms with Crippen molar-refractivity contribution in [1.29, 1.82) is 5.26 Å². The van der Waals surface area contributed by atoms with Crippen molar-refractivity contribution in [2.75, 3.05) is 13.1 Å². The van der Waals surface area contributed by atoms with Crippen LogP contribution in [-0.4, -0.2) is 48.7 Å². The summed E-state index contributed by atoms with van der Waals surface area (Å²) in [4.78, 5) is 14.2. The van der Waals surface area contributed by atoms with Gasteiger partial charge in [-0.05, 0) is 31.7 Å². The molecule has 0 amide bonds. The zero-order valence-electron chi connectivity index (χ0n) is 13.9. The SMILES string of the molecule is N#CC1(C(O)N2CCC[C@@H](c3cnc4cnc5[nH]ccc5n34)C2)CC1. The van der Waals surface area contributed by atoms with Gasteiger partial charge in [0.1, 0.15) is 6.23 Å². The predicted molar refractivity (Wildman–Crippen MR) is 91.7 cm³/mol. The highest BCUT2D eigenvalue weighted by atomic mass is 16.3. The lowest BCUT2D eigenvalue weighted by Gasteiger charge is -2.37. The van der Waals surface area contributed by atoms with Gasteiger partial charge in [0.15, 0.2) is 11.3 Å². The van der Waals surface area contributed by atoms with Crippen molar-refractivity contribution in [3.63, 3.8) is 0 Å². The van der Waals surface area contributed by atoms with E-state index in [1.54, 1.807) is 6.20 Å². The number of nitrogens with zero attached hydrogens (tertiary/aromatic N) is 5. The van der Waals surface area contributed by atoms with Crippen molar-refractivity contribution < 1.29 is 5.11 Å². The molecule has 3 aromatic rings. The Morgan fingerprint density at radius 3 is 3.04 bits per heavy atom. The number of fused-ring (bicyclic) bond motifs is 3. The molecule has 2 N–H and O–H groups in total. The van der Waals surface area contributed by atoms with Crippen LogP contribution in [0.25, 0.3) is 16.8 Å². The number of imidazole rings is 1. The first-order valence-corrected chi connectivity index (χ1v) is 8.85. The number of aromatic amines is 1. The van der Waals surface area contributed by atoms with E-state index in [1.165, 1.54) is 0 Å². The first-order chi connectivity index (χ1) is 12.2. The third kappa shape index (κ3) is 2.18. The Kier molecular flexibility index (Phi) is 3.14. The zero-order chi connectivity index (χ0) is 17.0. The maximum absolute atomic E-state index is 10.7. The molecule has 1 saturated heterocycles. The van der Waals surface area contributed by atoms with Gasteiger partial charge in [0.2, 0.25) is 0 Å². The van der Waals surface area contributed by atoms with Crippen LogP contribution >= 0.6 is 0 Å². The first-order valence-electron chi connectivity index (χ1n) is 8.85. The number of piperidine rings is 1. The van der Waals surface area contributed by atoms with Gasteiger partial charge >= 0.3 is 0 Å². The zero-order valence-corrected chi connectivity index (χ0v) is 13.9. The normalized spacial score (nSPS) is 24.4. The maximum Gasteiger partial charge on any atom is 0.156 e. The number of hydrogen-bond acceptors (Lipinski definition) is 5. The fourth-order valence-electron chi connectivity index (χ4n) is 4.16. The predicted octanol–water partition coefficient (Wildman–Crippen LogP) is 2.01. The second-order valence-electron chi connectivity index (χ2n) is 7.32. The number of aliphatic hydroxyl groups is 1. The summed E-state index contributed by atoms with van der Waals surface area (Å²) in [5, 5.41) is 20.1. The number of hydrogen-bond donors (Lipinski definition) is 2. The van der Waals surface area contributed by atoms with Gasteiger partial charge in [0.25, 0.3) is 0 Å². The lowest BCUT2D eigenvalue weighted by Crippen LogP contribution is -2.46. The molecule has 128 valence electrons. The number of nitriles is 1. The van der Waals surface area contributed by atoms with Crippen LogP contribution < -0.4 is 0 Å². The number of rotatable bonds is 3. The molecule has 0 aromatic carbocycles. The fraction of sp³-hybridized carbons (Fsp3) is 0.500. The van der Waals surface area contributed by atoms with E-state index in [1.807, 2.05) is 18.5 Å². The Labute approximate surface area is 144 Å². The highest BCUT2D eigenvalue weighted by molar-refractivity contribution is 5.74.